The van der Waals surface area contributed by atoms with E-state index in [1.54, 1.807) is 33.3 Å². The van der Waals surface area contributed by atoms with Crippen molar-refractivity contribution in [2.24, 2.45) is 22.7 Å². The molecular formula is C54H76N10O6S4. The molecule has 4 aliphatic heterocycles. The summed E-state index contributed by atoms with van der Waals surface area (Å²) in [7, 11) is 3.64. The van der Waals surface area contributed by atoms with Crippen LogP contribution in [0.3, 0.4) is 0 Å². The summed E-state index contributed by atoms with van der Waals surface area (Å²) in [5.41, 5.74) is 2.76. The zero-order chi connectivity index (χ0) is 53.2. The van der Waals surface area contributed by atoms with Crippen molar-refractivity contribution in [2.45, 2.75) is 152 Å². The third-order valence-electron chi connectivity index (χ3n) is 16.4. The van der Waals surface area contributed by atoms with E-state index in [1.807, 2.05) is 104 Å². The lowest BCUT2D eigenvalue weighted by Gasteiger charge is -2.38. The van der Waals surface area contributed by atoms with Crippen molar-refractivity contribution in [2.75, 3.05) is 38.7 Å². The summed E-state index contributed by atoms with van der Waals surface area (Å²) in [5, 5.41) is 25.2. The quantitative estimate of drug-likeness (QED) is 0.0939. The number of nitrogens with zero attached hydrogens (tertiary/aromatic N) is 2. The Balaban J connectivity index is 0.934. The molecule has 0 bridgehead atoms. The summed E-state index contributed by atoms with van der Waals surface area (Å²) >= 11 is 14.7. The number of thioether (sulfide) groups is 2. The SMILES string of the molecule is CN[C@@H](C)C(=S)N[C@H]1CCS[C@H]2CC(C)(C)[C@@H](C(=O)N[C@@H]3c4ccccc4CC[C@H]3C(=O)NCCNC(=O)[C@@H]3CCc4ccccc4[C@H]3NC(=O)[C@H]3N4C(=O)[C@@H](NC(=S)[C@H](C)NC)CCS[C@H]4CC3(C)C)N2C1=O. The van der Waals surface area contributed by atoms with Crippen LogP contribution in [0.2, 0.25) is 0 Å². The molecule has 12 atom stereocenters. The summed E-state index contributed by atoms with van der Waals surface area (Å²) in [5.74, 6) is -1.13. The average Bonchev–Trinajstić information content (AvgIpc) is 3.70. The number of carbonyl (C=O) groups excluding carboxylic acids is 6. The maximum absolute atomic E-state index is 14.8. The van der Waals surface area contributed by atoms with Gasteiger partial charge in [0.15, 0.2) is 0 Å². The number of amides is 6. The molecule has 4 saturated heterocycles. The summed E-state index contributed by atoms with van der Waals surface area (Å²) in [6.45, 7) is 12.3. The molecule has 0 spiro atoms. The van der Waals surface area contributed by atoms with E-state index in [4.69, 9.17) is 24.4 Å². The number of rotatable bonds is 15. The van der Waals surface area contributed by atoms with Gasteiger partial charge in [-0.25, -0.2) is 0 Å². The first-order valence-corrected chi connectivity index (χ1v) is 29.3. The summed E-state index contributed by atoms with van der Waals surface area (Å²) in [6.07, 6.45) is 4.74. The predicted octanol–water partition coefficient (Wildman–Crippen LogP) is 4.03. The van der Waals surface area contributed by atoms with Crippen LogP contribution in [0.1, 0.15) is 114 Å². The highest BCUT2D eigenvalue weighted by Gasteiger charge is 2.57. The second kappa shape index (κ2) is 23.5. The Bertz CT molecular complexity index is 2330. The maximum atomic E-state index is 14.8. The van der Waals surface area contributed by atoms with E-state index in [1.165, 1.54) is 0 Å². The highest BCUT2D eigenvalue weighted by Crippen LogP contribution is 2.49. The van der Waals surface area contributed by atoms with Crippen molar-refractivity contribution in [3.8, 4) is 0 Å². The smallest absolute Gasteiger partial charge is 0.246 e. The molecule has 0 saturated carbocycles. The lowest BCUT2D eigenvalue weighted by atomic mass is 9.78. The molecule has 8 rings (SSSR count). The Morgan fingerprint density at radius 3 is 1.35 bits per heavy atom. The van der Waals surface area contributed by atoms with Crippen LogP contribution in [0.25, 0.3) is 0 Å². The molecule has 16 nitrogen and oxygen atoms in total. The Hall–Kier alpha value is -4.34. The van der Waals surface area contributed by atoms with Crippen molar-refractivity contribution in [1.82, 2.24) is 52.3 Å². The predicted molar refractivity (Wildman–Crippen MR) is 300 cm³/mol. The number of thiocarbonyl (C=S) groups is 2. The zero-order valence-electron chi connectivity index (χ0n) is 44.0. The fraction of sp³-hybridized carbons (Fsp3) is 0.630. The fourth-order valence-corrected chi connectivity index (χ4v) is 15.8. The van der Waals surface area contributed by atoms with E-state index in [-0.39, 0.29) is 71.4 Å². The third-order valence-corrected chi connectivity index (χ3v) is 19.8. The van der Waals surface area contributed by atoms with Gasteiger partial charge in [-0.2, -0.15) is 0 Å². The van der Waals surface area contributed by atoms with Gasteiger partial charge in [-0.05, 0) is 124 Å². The Kier molecular flexibility index (Phi) is 17.7. The molecule has 4 heterocycles. The minimum atomic E-state index is -0.776. The van der Waals surface area contributed by atoms with Crippen LogP contribution in [-0.2, 0) is 41.6 Å². The van der Waals surface area contributed by atoms with Crippen molar-refractivity contribution < 1.29 is 28.8 Å². The number of fused-ring (bicyclic) bond motifs is 4. The van der Waals surface area contributed by atoms with Gasteiger partial charge < -0.3 is 52.3 Å². The molecule has 2 aromatic carbocycles. The molecule has 402 valence electrons. The molecular weight excluding hydrogens is 1010 g/mol. The Labute approximate surface area is 456 Å². The molecule has 0 aromatic heterocycles. The van der Waals surface area contributed by atoms with Gasteiger partial charge in [0.1, 0.15) is 24.2 Å². The van der Waals surface area contributed by atoms with Crippen molar-refractivity contribution in [1.29, 1.82) is 0 Å². The second-order valence-electron chi connectivity index (χ2n) is 22.3. The van der Waals surface area contributed by atoms with Crippen molar-refractivity contribution >= 4 is 93.4 Å². The number of hydrogen-bond donors (Lipinski definition) is 8. The standard InChI is InChI=1S/C54H76N10O6S4/c1-29(55-7)49(71)59-37-21-25-73-39-27-53(3,4)43(63(39)51(37)69)47(67)61-41-33-15-11-9-13-31(33)17-19-35(41)45(65)57-23-24-58-46(66)36-20-18-32-14-10-12-16-34(32)42(36)62-48(68)44-54(5,6)28-40-64(44)52(70)38(22-26-74-40)60-50(72)30(2)56-8/h9-16,29-30,35-44,55-56H,17-28H2,1-8H3,(H,57,65)(H,58,66)(H,59,71)(H,60,72)(H,61,67)(H,62,68)/t29-,30-,35+,36+,37-,38-,39-,40-,41+,42+,43+,44+/m0/s1. The average molecular weight is 1090 g/mol. The minimum Gasteiger partial charge on any atom is -0.367 e. The van der Waals surface area contributed by atoms with E-state index in [9.17, 15) is 28.8 Å². The van der Waals surface area contributed by atoms with Crippen LogP contribution in [0.15, 0.2) is 48.5 Å². The van der Waals surface area contributed by atoms with Gasteiger partial charge in [0.25, 0.3) is 0 Å². The first-order chi connectivity index (χ1) is 35.3. The van der Waals surface area contributed by atoms with Gasteiger partial charge in [0, 0.05) is 13.1 Å². The van der Waals surface area contributed by atoms with Gasteiger partial charge in [0.05, 0.1) is 56.7 Å². The van der Waals surface area contributed by atoms with Gasteiger partial charge in [-0.1, -0.05) is 101 Å². The Morgan fingerprint density at radius 2 is 0.973 bits per heavy atom. The van der Waals surface area contributed by atoms with Crippen LogP contribution in [0.5, 0.6) is 0 Å². The molecule has 2 aromatic rings. The number of likely N-dealkylation sites (N-methyl/N-ethyl adjacent to an activating group) is 2. The van der Waals surface area contributed by atoms with E-state index in [2.05, 4.69) is 42.5 Å². The van der Waals surface area contributed by atoms with Gasteiger partial charge in [-0.15, -0.1) is 23.5 Å². The molecule has 74 heavy (non-hydrogen) atoms. The molecule has 4 fully saturated rings. The van der Waals surface area contributed by atoms with E-state index >= 15 is 0 Å². The largest absolute Gasteiger partial charge is 0.367 e. The number of carbonyl (C=O) groups is 6. The summed E-state index contributed by atoms with van der Waals surface area (Å²) in [6, 6.07) is 11.5. The van der Waals surface area contributed by atoms with Crippen LogP contribution in [0, 0.1) is 22.7 Å². The normalized spacial score (nSPS) is 29.6. The van der Waals surface area contributed by atoms with E-state index < -0.39 is 58.9 Å². The molecule has 20 heteroatoms. The van der Waals surface area contributed by atoms with Crippen molar-refractivity contribution in [3.63, 3.8) is 0 Å². The summed E-state index contributed by atoms with van der Waals surface area (Å²) in [4.78, 5) is 91.8. The van der Waals surface area contributed by atoms with Crippen LogP contribution in [-0.4, -0.2) is 141 Å². The first-order valence-electron chi connectivity index (χ1n) is 26.4. The topological polar surface area (TPSA) is 205 Å². The first kappa shape index (κ1) is 55.9. The highest BCUT2D eigenvalue weighted by molar-refractivity contribution is 8.00. The van der Waals surface area contributed by atoms with Crippen LogP contribution >= 0.6 is 48.0 Å². The Morgan fingerprint density at radius 1 is 0.595 bits per heavy atom. The van der Waals surface area contributed by atoms with E-state index in [0.717, 1.165) is 33.8 Å². The third kappa shape index (κ3) is 11.6. The lowest BCUT2D eigenvalue weighted by molar-refractivity contribution is -0.143. The maximum Gasteiger partial charge on any atom is 0.246 e. The van der Waals surface area contributed by atoms with E-state index in [0.29, 0.717) is 61.3 Å². The van der Waals surface area contributed by atoms with Gasteiger partial charge >= 0.3 is 0 Å². The molecule has 8 N–H and O–H groups in total. The number of aryl methyl sites for hydroxylation is 2. The molecule has 6 amide bonds. The second-order valence-corrected chi connectivity index (χ2v) is 25.7. The number of nitrogens with one attached hydrogen (secondary N) is 8. The van der Waals surface area contributed by atoms with Gasteiger partial charge in [-0.3, -0.25) is 28.8 Å². The zero-order valence-corrected chi connectivity index (χ0v) is 47.3. The monoisotopic (exact) mass is 1090 g/mol. The highest BCUT2D eigenvalue weighted by atomic mass is 32.2. The van der Waals surface area contributed by atoms with Gasteiger partial charge in [0.2, 0.25) is 35.4 Å². The lowest BCUT2D eigenvalue weighted by Crippen LogP contribution is -2.58. The minimum absolute atomic E-state index is 0.126. The van der Waals surface area contributed by atoms with Crippen LogP contribution in [0.4, 0.5) is 0 Å². The molecule has 0 radical (unpaired) electrons. The number of hydrogen-bond acceptors (Lipinski definition) is 12. The number of benzene rings is 2. The molecule has 0 unspecified atom stereocenters. The molecule has 6 aliphatic rings. The summed E-state index contributed by atoms with van der Waals surface area (Å²) < 4.78 is 0. The van der Waals surface area contributed by atoms with Crippen LogP contribution < -0.4 is 42.5 Å². The molecule has 2 aliphatic carbocycles. The van der Waals surface area contributed by atoms with Crippen molar-refractivity contribution in [3.05, 3.63) is 70.8 Å². The fourth-order valence-electron chi connectivity index (χ4n) is 12.1.